The number of rotatable bonds is 16. The number of hydrogen-bond acceptors (Lipinski definition) is 10. The second-order valence-electron chi connectivity index (χ2n) is 9.83. The fourth-order valence-corrected chi connectivity index (χ4v) is 9.01. The van der Waals surface area contributed by atoms with Crippen molar-refractivity contribution in [1.29, 1.82) is 0 Å². The van der Waals surface area contributed by atoms with E-state index >= 15 is 0 Å². The highest BCUT2D eigenvalue weighted by atomic mass is 32.2. The molecule has 0 aliphatic heterocycles. The van der Waals surface area contributed by atoms with E-state index in [4.69, 9.17) is 26.4 Å². The summed E-state index contributed by atoms with van der Waals surface area (Å²) in [4.78, 5) is 25.1. The summed E-state index contributed by atoms with van der Waals surface area (Å²) >= 11 is 12.0. The third-order valence-electron chi connectivity index (χ3n) is 5.78. The highest BCUT2D eigenvalue weighted by Crippen LogP contribution is 2.35. The molecule has 0 aromatic heterocycles. The molecule has 2 aromatic carbocycles. The van der Waals surface area contributed by atoms with Gasteiger partial charge in [-0.1, -0.05) is 72.5 Å². The zero-order chi connectivity index (χ0) is 29.8. The molecule has 10 heteroatoms. The summed E-state index contributed by atoms with van der Waals surface area (Å²) in [5, 5.41) is 0.915. The maximum atomic E-state index is 13.0. The minimum Gasteiger partial charge on any atom is -0.465 e. The van der Waals surface area contributed by atoms with Crippen molar-refractivity contribution in [2.75, 3.05) is 25.4 Å². The maximum absolute atomic E-state index is 13.0. The van der Waals surface area contributed by atoms with E-state index in [2.05, 4.69) is 13.8 Å². The zero-order valence-corrected chi connectivity index (χ0v) is 28.4. The first-order valence-electron chi connectivity index (χ1n) is 13.0. The average Bonchev–Trinajstić information content (AvgIpc) is 2.93. The molecule has 0 aliphatic rings. The molecule has 0 aliphatic carbocycles. The largest absolute Gasteiger partial charge is 0.465 e. The highest BCUT2D eigenvalue weighted by Gasteiger charge is 2.32. The van der Waals surface area contributed by atoms with Crippen LogP contribution in [0.2, 0.25) is 0 Å². The third-order valence-corrected chi connectivity index (χ3v) is 11.2. The lowest BCUT2D eigenvalue weighted by atomic mass is 10.0. The Morgan fingerprint density at radius 2 is 1.43 bits per heavy atom. The van der Waals surface area contributed by atoms with Crippen molar-refractivity contribution in [3.05, 3.63) is 70.8 Å². The van der Waals surface area contributed by atoms with Crippen LogP contribution in [-0.4, -0.2) is 56.5 Å². The van der Waals surface area contributed by atoms with Crippen molar-refractivity contribution in [3.8, 4) is 0 Å². The summed E-state index contributed by atoms with van der Waals surface area (Å²) in [7, 11) is 1.68. The van der Waals surface area contributed by atoms with Gasteiger partial charge < -0.3 is 14.2 Å². The Morgan fingerprint density at radius 1 is 0.875 bits per heavy atom. The molecule has 220 valence electrons. The van der Waals surface area contributed by atoms with Crippen molar-refractivity contribution in [2.24, 2.45) is 0 Å². The second kappa shape index (κ2) is 17.2. The molecule has 0 saturated carbocycles. The topological polar surface area (TPSA) is 61.8 Å². The summed E-state index contributed by atoms with van der Waals surface area (Å²) in [5.41, 5.74) is 3.56. The minimum absolute atomic E-state index is 0.000458. The smallest absolute Gasteiger partial charge is 0.322 e. The molecule has 0 fully saturated rings. The Balaban J connectivity index is 1.83. The number of thioether (sulfide) groups is 4. The second-order valence-corrected chi connectivity index (χ2v) is 16.6. The Labute approximate surface area is 262 Å². The van der Waals surface area contributed by atoms with E-state index in [9.17, 15) is 9.59 Å². The van der Waals surface area contributed by atoms with E-state index in [0.29, 0.717) is 33.6 Å². The molecule has 2 aromatic rings. The van der Waals surface area contributed by atoms with Crippen LogP contribution in [0.3, 0.4) is 0 Å². The summed E-state index contributed by atoms with van der Waals surface area (Å²) in [6.45, 7) is 12.6. The molecule has 0 N–H and O–H groups in total. The standard InChI is InChI=1S/C30H40O5S5/c1-8-34-26(32)29(3,4)40-28(36)38-19-22-12-16-24(17-13-22)25(31)23-14-10-21(11-15-23)18-37-20-39-30(5,6)27(33-7)35-9-2/h10-17,27H,8-9,18-20H2,1-7H3. The lowest BCUT2D eigenvalue weighted by Crippen LogP contribution is -2.37. The molecule has 0 bridgehead atoms. The van der Waals surface area contributed by atoms with E-state index in [0.717, 1.165) is 16.4 Å². The van der Waals surface area contributed by atoms with E-state index in [1.54, 1.807) is 14.0 Å². The normalized spacial score (nSPS) is 12.7. The van der Waals surface area contributed by atoms with Gasteiger partial charge in [0, 0.05) is 41.4 Å². The van der Waals surface area contributed by atoms with Crippen LogP contribution < -0.4 is 0 Å². The van der Waals surface area contributed by atoms with Gasteiger partial charge in [0.05, 0.1) is 11.4 Å². The number of methoxy groups -OCH3 is 1. The van der Waals surface area contributed by atoms with Crippen LogP contribution in [0, 0.1) is 0 Å². The average molecular weight is 641 g/mol. The lowest BCUT2D eigenvalue weighted by Gasteiger charge is -2.32. The number of ether oxygens (including phenoxy) is 3. The van der Waals surface area contributed by atoms with Crippen molar-refractivity contribution >= 4 is 74.5 Å². The molecule has 2 rings (SSSR count). The van der Waals surface area contributed by atoms with Gasteiger partial charge in [-0.05, 0) is 52.7 Å². The van der Waals surface area contributed by atoms with Gasteiger partial charge in [-0.3, -0.25) is 9.59 Å². The van der Waals surface area contributed by atoms with Crippen molar-refractivity contribution < 1.29 is 23.8 Å². The molecule has 0 saturated heterocycles. The van der Waals surface area contributed by atoms with E-state index in [1.165, 1.54) is 29.1 Å². The number of benzene rings is 2. The van der Waals surface area contributed by atoms with Gasteiger partial charge in [0.1, 0.15) is 8.28 Å². The number of ketones is 1. The number of hydrogen-bond donors (Lipinski definition) is 0. The fourth-order valence-electron chi connectivity index (χ4n) is 3.52. The van der Waals surface area contributed by atoms with E-state index in [-0.39, 0.29) is 22.8 Å². The fraction of sp³-hybridized carbons (Fsp3) is 0.500. The molecule has 0 radical (unpaired) electrons. The Kier molecular flexibility index (Phi) is 15.1. The van der Waals surface area contributed by atoms with E-state index in [1.807, 2.05) is 92.8 Å². The quantitative estimate of drug-likeness (QED) is 0.0590. The van der Waals surface area contributed by atoms with Crippen LogP contribution in [0.4, 0.5) is 0 Å². The first-order chi connectivity index (χ1) is 18.9. The molecule has 0 heterocycles. The number of carbonyl (C=O) groups excluding carboxylic acids is 2. The van der Waals surface area contributed by atoms with Crippen LogP contribution in [0.1, 0.15) is 68.6 Å². The van der Waals surface area contributed by atoms with Crippen LogP contribution in [0.25, 0.3) is 0 Å². The lowest BCUT2D eigenvalue weighted by molar-refractivity contribution is -0.145. The summed E-state index contributed by atoms with van der Waals surface area (Å²) in [6.07, 6.45) is -0.243. The van der Waals surface area contributed by atoms with Crippen molar-refractivity contribution in [2.45, 2.75) is 68.8 Å². The number of thiocarbonyl (C=S) groups is 1. The molecule has 5 nitrogen and oxygen atoms in total. The van der Waals surface area contributed by atoms with Crippen molar-refractivity contribution in [3.63, 3.8) is 0 Å². The molecule has 40 heavy (non-hydrogen) atoms. The predicted molar refractivity (Wildman–Crippen MR) is 179 cm³/mol. The molecule has 0 amide bonds. The molecule has 1 atom stereocenters. The predicted octanol–water partition coefficient (Wildman–Crippen LogP) is 8.22. The Morgan fingerprint density at radius 3 is 1.93 bits per heavy atom. The third kappa shape index (κ3) is 11.3. The van der Waals surface area contributed by atoms with Gasteiger partial charge in [0.25, 0.3) is 0 Å². The van der Waals surface area contributed by atoms with Crippen LogP contribution in [0.5, 0.6) is 0 Å². The molecular formula is C30H40O5S5. The summed E-state index contributed by atoms with van der Waals surface area (Å²) in [5.74, 6) is 1.26. The maximum Gasteiger partial charge on any atom is 0.322 e. The first-order valence-corrected chi connectivity index (χ1v) is 17.4. The SMILES string of the molecule is CCOC(=O)C(C)(C)SC(=S)SCc1ccc(C(=O)c2ccc(CSCSC(C)(C)C(OC)OCC)cc2)cc1. The van der Waals surface area contributed by atoms with Crippen molar-refractivity contribution in [1.82, 2.24) is 0 Å². The Hall–Kier alpha value is -1.01. The van der Waals surface area contributed by atoms with Crippen LogP contribution in [0.15, 0.2) is 48.5 Å². The first kappa shape index (κ1) is 35.2. The molecule has 1 unspecified atom stereocenters. The number of esters is 1. The van der Waals surface area contributed by atoms with Gasteiger partial charge in [0.15, 0.2) is 12.1 Å². The highest BCUT2D eigenvalue weighted by molar-refractivity contribution is 8.47. The van der Waals surface area contributed by atoms with Gasteiger partial charge in [-0.15, -0.1) is 35.3 Å². The minimum atomic E-state index is -0.724. The van der Waals surface area contributed by atoms with Crippen LogP contribution >= 0.6 is 59.3 Å². The van der Waals surface area contributed by atoms with Gasteiger partial charge in [-0.25, -0.2) is 0 Å². The molecular weight excluding hydrogens is 601 g/mol. The van der Waals surface area contributed by atoms with Gasteiger partial charge in [-0.2, -0.15) is 0 Å². The van der Waals surface area contributed by atoms with Crippen LogP contribution in [-0.2, 0) is 30.5 Å². The number of carbonyl (C=O) groups is 2. The van der Waals surface area contributed by atoms with Gasteiger partial charge >= 0.3 is 5.97 Å². The zero-order valence-electron chi connectivity index (χ0n) is 24.3. The van der Waals surface area contributed by atoms with Gasteiger partial charge in [0.2, 0.25) is 0 Å². The summed E-state index contributed by atoms with van der Waals surface area (Å²) < 4.78 is 16.1. The Bertz CT molecular complexity index is 1100. The monoisotopic (exact) mass is 640 g/mol. The molecule has 0 spiro atoms. The van der Waals surface area contributed by atoms with E-state index < -0.39 is 4.75 Å². The summed E-state index contributed by atoms with van der Waals surface area (Å²) in [6, 6.07) is 15.5.